The number of hydrogen-bond acceptors (Lipinski definition) is 4. The fourth-order valence-electron chi connectivity index (χ4n) is 1.05. The average Bonchev–Trinajstić information content (AvgIpc) is 2.34. The van der Waals surface area contributed by atoms with E-state index < -0.39 is 18.2 Å². The van der Waals surface area contributed by atoms with E-state index in [0.717, 1.165) is 6.92 Å². The van der Waals surface area contributed by atoms with Crippen molar-refractivity contribution in [2.24, 2.45) is 0 Å². The molecule has 0 aliphatic carbocycles. The molecular formula is C11H12F3NO3. The van der Waals surface area contributed by atoms with E-state index in [9.17, 15) is 18.0 Å². The van der Waals surface area contributed by atoms with Gasteiger partial charge in [-0.05, 0) is 19.1 Å². The minimum Gasteiger partial charge on any atom is -0.465 e. The van der Waals surface area contributed by atoms with Crippen molar-refractivity contribution in [2.75, 3.05) is 7.11 Å². The predicted octanol–water partition coefficient (Wildman–Crippen LogP) is 2.34. The zero-order valence-corrected chi connectivity index (χ0v) is 9.82. The molecule has 0 aliphatic heterocycles. The van der Waals surface area contributed by atoms with Gasteiger partial charge in [-0.3, -0.25) is 4.98 Å². The first-order chi connectivity index (χ1) is 8.34. The summed E-state index contributed by atoms with van der Waals surface area (Å²) in [6.45, 7) is 0.644. The Morgan fingerprint density at radius 2 is 2.11 bits per heavy atom. The Balaban J connectivity index is 2.57. The lowest BCUT2D eigenvalue weighted by Gasteiger charge is -2.15. The van der Waals surface area contributed by atoms with Gasteiger partial charge in [-0.15, -0.1) is 0 Å². The van der Waals surface area contributed by atoms with Gasteiger partial charge in [0.1, 0.15) is 0 Å². The van der Waals surface area contributed by atoms with Gasteiger partial charge in [0, 0.05) is 6.20 Å². The van der Waals surface area contributed by atoms with Gasteiger partial charge in [-0.1, -0.05) is 0 Å². The van der Waals surface area contributed by atoms with Crippen molar-refractivity contribution < 1.29 is 27.4 Å². The topological polar surface area (TPSA) is 48.4 Å². The molecule has 0 saturated heterocycles. The van der Waals surface area contributed by atoms with Crippen LogP contribution in [0.25, 0.3) is 0 Å². The molecule has 1 unspecified atom stereocenters. The number of rotatable bonds is 4. The summed E-state index contributed by atoms with van der Waals surface area (Å²) >= 11 is 0. The van der Waals surface area contributed by atoms with Crippen LogP contribution in [0.5, 0.6) is 0 Å². The summed E-state index contributed by atoms with van der Waals surface area (Å²) in [6.07, 6.45) is -5.03. The van der Waals surface area contributed by atoms with Gasteiger partial charge in [0.25, 0.3) is 0 Å². The van der Waals surface area contributed by atoms with E-state index in [2.05, 4.69) is 14.5 Å². The van der Waals surface area contributed by atoms with Crippen molar-refractivity contribution >= 4 is 5.97 Å². The lowest BCUT2D eigenvalue weighted by Crippen LogP contribution is -2.28. The molecule has 0 fully saturated rings. The number of carbonyl (C=O) groups excluding carboxylic acids is 1. The maximum atomic E-state index is 12.2. The van der Waals surface area contributed by atoms with Crippen LogP contribution in [0.4, 0.5) is 13.2 Å². The van der Waals surface area contributed by atoms with Crippen molar-refractivity contribution in [3.8, 4) is 0 Å². The Kier molecular flexibility index (Phi) is 4.66. The van der Waals surface area contributed by atoms with Crippen molar-refractivity contribution in [3.05, 3.63) is 29.6 Å². The molecule has 0 amide bonds. The predicted molar refractivity (Wildman–Crippen MR) is 55.9 cm³/mol. The first-order valence-electron chi connectivity index (χ1n) is 5.06. The minimum atomic E-state index is -4.40. The van der Waals surface area contributed by atoms with E-state index in [0.29, 0.717) is 5.69 Å². The molecule has 18 heavy (non-hydrogen) atoms. The van der Waals surface area contributed by atoms with Gasteiger partial charge < -0.3 is 9.47 Å². The Morgan fingerprint density at radius 3 is 2.56 bits per heavy atom. The van der Waals surface area contributed by atoms with Crippen LogP contribution in [-0.4, -0.2) is 30.3 Å². The van der Waals surface area contributed by atoms with Gasteiger partial charge in [-0.2, -0.15) is 13.2 Å². The van der Waals surface area contributed by atoms with E-state index in [1.54, 1.807) is 0 Å². The normalized spacial score (nSPS) is 13.2. The molecule has 1 heterocycles. The smallest absolute Gasteiger partial charge is 0.414 e. The van der Waals surface area contributed by atoms with Crippen molar-refractivity contribution in [1.82, 2.24) is 4.98 Å². The second-order valence-corrected chi connectivity index (χ2v) is 3.52. The molecule has 100 valence electrons. The molecule has 1 atom stereocenters. The monoisotopic (exact) mass is 263 g/mol. The van der Waals surface area contributed by atoms with Crippen molar-refractivity contribution in [1.29, 1.82) is 0 Å². The molecule has 1 aromatic rings. The van der Waals surface area contributed by atoms with Gasteiger partial charge in [-0.25, -0.2) is 4.79 Å². The SMILES string of the molecule is COC(=O)c1ccc(COC(C)C(F)(F)F)nc1. The minimum absolute atomic E-state index is 0.227. The fourth-order valence-corrected chi connectivity index (χ4v) is 1.05. The van der Waals surface area contributed by atoms with Crippen molar-refractivity contribution in [2.45, 2.75) is 25.8 Å². The number of carbonyl (C=O) groups is 1. The van der Waals surface area contributed by atoms with Crippen LogP contribution < -0.4 is 0 Å². The molecule has 0 aromatic carbocycles. The van der Waals surface area contributed by atoms with Crippen LogP contribution in [0.15, 0.2) is 18.3 Å². The van der Waals surface area contributed by atoms with Crippen molar-refractivity contribution in [3.63, 3.8) is 0 Å². The first kappa shape index (κ1) is 14.4. The number of nitrogens with zero attached hydrogens (tertiary/aromatic N) is 1. The standard InChI is InChI=1S/C11H12F3NO3/c1-7(11(12,13)14)18-6-9-4-3-8(5-15-9)10(16)17-2/h3-5,7H,6H2,1-2H3. The highest BCUT2D eigenvalue weighted by atomic mass is 19.4. The van der Waals surface area contributed by atoms with E-state index in [1.165, 1.54) is 25.4 Å². The molecule has 0 bridgehead atoms. The molecule has 4 nitrogen and oxygen atoms in total. The number of aromatic nitrogens is 1. The van der Waals surface area contributed by atoms with E-state index in [4.69, 9.17) is 0 Å². The third-order valence-electron chi connectivity index (χ3n) is 2.19. The Bertz CT molecular complexity index is 403. The largest absolute Gasteiger partial charge is 0.465 e. The summed E-state index contributed by atoms with van der Waals surface area (Å²) in [4.78, 5) is 14.9. The molecule has 0 N–H and O–H groups in total. The zero-order valence-electron chi connectivity index (χ0n) is 9.82. The average molecular weight is 263 g/mol. The molecular weight excluding hydrogens is 251 g/mol. The quantitative estimate of drug-likeness (QED) is 0.782. The molecule has 0 spiro atoms. The van der Waals surface area contributed by atoms with Crippen LogP contribution in [0, 0.1) is 0 Å². The molecule has 0 saturated carbocycles. The number of pyridine rings is 1. The van der Waals surface area contributed by atoms with Crippen LogP contribution in [-0.2, 0) is 16.1 Å². The maximum Gasteiger partial charge on any atom is 0.414 e. The van der Waals surface area contributed by atoms with Crippen LogP contribution in [0.1, 0.15) is 23.0 Å². The van der Waals surface area contributed by atoms with E-state index >= 15 is 0 Å². The lowest BCUT2D eigenvalue weighted by molar-refractivity contribution is -0.217. The summed E-state index contributed by atoms with van der Waals surface area (Å²) < 4.78 is 45.6. The number of ether oxygens (including phenoxy) is 2. The zero-order chi connectivity index (χ0) is 13.8. The van der Waals surface area contributed by atoms with Crippen LogP contribution >= 0.6 is 0 Å². The van der Waals surface area contributed by atoms with Gasteiger partial charge in [0.15, 0.2) is 6.10 Å². The number of alkyl halides is 3. The molecule has 0 radical (unpaired) electrons. The molecule has 1 aromatic heterocycles. The number of methoxy groups -OCH3 is 1. The summed E-state index contributed by atoms with van der Waals surface area (Å²) in [7, 11) is 1.23. The summed E-state index contributed by atoms with van der Waals surface area (Å²) in [6, 6.07) is 2.82. The Labute approximate surface area is 102 Å². The van der Waals surface area contributed by atoms with Gasteiger partial charge in [0.2, 0.25) is 0 Å². The summed E-state index contributed by atoms with van der Waals surface area (Å²) in [5, 5.41) is 0. The number of esters is 1. The third-order valence-corrected chi connectivity index (χ3v) is 2.19. The number of hydrogen-bond donors (Lipinski definition) is 0. The lowest BCUT2D eigenvalue weighted by atomic mass is 10.2. The highest BCUT2D eigenvalue weighted by Gasteiger charge is 2.36. The first-order valence-corrected chi connectivity index (χ1v) is 5.06. The Morgan fingerprint density at radius 1 is 1.44 bits per heavy atom. The molecule has 0 aliphatic rings. The fraction of sp³-hybridized carbons (Fsp3) is 0.455. The third kappa shape index (κ3) is 3.99. The van der Waals surface area contributed by atoms with Crippen LogP contribution in [0.3, 0.4) is 0 Å². The second-order valence-electron chi connectivity index (χ2n) is 3.52. The highest BCUT2D eigenvalue weighted by molar-refractivity contribution is 5.88. The molecule has 1 rings (SSSR count). The molecule has 7 heteroatoms. The van der Waals surface area contributed by atoms with Crippen LogP contribution in [0.2, 0.25) is 0 Å². The summed E-state index contributed by atoms with van der Waals surface area (Å²) in [5.74, 6) is -0.557. The van der Waals surface area contributed by atoms with E-state index in [1.807, 2.05) is 0 Å². The highest BCUT2D eigenvalue weighted by Crippen LogP contribution is 2.22. The van der Waals surface area contributed by atoms with Gasteiger partial charge in [0.05, 0.1) is 25.0 Å². The van der Waals surface area contributed by atoms with Gasteiger partial charge >= 0.3 is 12.1 Å². The Hall–Kier alpha value is -1.63. The summed E-state index contributed by atoms with van der Waals surface area (Å²) in [5.41, 5.74) is 0.531. The van der Waals surface area contributed by atoms with E-state index in [-0.39, 0.29) is 12.2 Å². The maximum absolute atomic E-state index is 12.2. The second kappa shape index (κ2) is 5.81. The number of halogens is 3.